The highest BCUT2D eigenvalue weighted by molar-refractivity contribution is 6.35. The predicted octanol–water partition coefficient (Wildman–Crippen LogP) is 3.64. The third-order valence-corrected chi connectivity index (χ3v) is 5.03. The van der Waals surface area contributed by atoms with Crippen LogP contribution in [0, 0.1) is 5.92 Å². The summed E-state index contributed by atoms with van der Waals surface area (Å²) in [5, 5.41) is 1.17. The molecular formula is C18H24Cl2N2O2. The lowest BCUT2D eigenvalue weighted by molar-refractivity contribution is -0.140. The van der Waals surface area contributed by atoms with Crippen molar-refractivity contribution < 1.29 is 9.59 Å². The fourth-order valence-electron chi connectivity index (χ4n) is 3.01. The van der Waals surface area contributed by atoms with Gasteiger partial charge in [-0.05, 0) is 42.9 Å². The maximum atomic E-state index is 12.5. The van der Waals surface area contributed by atoms with Crippen molar-refractivity contribution in [2.24, 2.45) is 5.92 Å². The Bertz CT molecular complexity index is 607. The molecule has 2 amide bonds. The second-order valence-electron chi connectivity index (χ2n) is 6.51. The second-order valence-corrected chi connectivity index (χ2v) is 7.36. The highest BCUT2D eigenvalue weighted by atomic mass is 35.5. The van der Waals surface area contributed by atoms with E-state index >= 15 is 0 Å². The molecule has 4 nitrogen and oxygen atoms in total. The molecule has 0 N–H and O–H groups in total. The van der Waals surface area contributed by atoms with Crippen molar-refractivity contribution in [2.45, 2.75) is 33.1 Å². The van der Waals surface area contributed by atoms with Crippen LogP contribution in [0.4, 0.5) is 0 Å². The molecule has 1 aliphatic heterocycles. The zero-order valence-electron chi connectivity index (χ0n) is 14.2. The Morgan fingerprint density at radius 3 is 2.71 bits per heavy atom. The minimum atomic E-state index is -0.0986. The standard InChI is InChI=1S/C18H24Cl2N2O2/c1-13-4-3-8-22(11-13)18(24)12-21(14(2)23)9-7-15-5-6-16(19)10-17(15)20/h5-6,10,13H,3-4,7-9,11-12H2,1-2H3. The summed E-state index contributed by atoms with van der Waals surface area (Å²) >= 11 is 12.1. The Morgan fingerprint density at radius 2 is 2.08 bits per heavy atom. The van der Waals surface area contributed by atoms with Gasteiger partial charge in [0.05, 0.1) is 6.54 Å². The first-order valence-electron chi connectivity index (χ1n) is 8.34. The summed E-state index contributed by atoms with van der Waals surface area (Å²) < 4.78 is 0. The van der Waals surface area contributed by atoms with Crippen LogP contribution >= 0.6 is 23.2 Å². The number of hydrogen-bond donors (Lipinski definition) is 0. The molecule has 0 bridgehead atoms. The molecule has 1 aliphatic rings. The first-order valence-corrected chi connectivity index (χ1v) is 9.09. The van der Waals surface area contributed by atoms with Crippen LogP contribution in [0.25, 0.3) is 0 Å². The van der Waals surface area contributed by atoms with Gasteiger partial charge in [0.15, 0.2) is 0 Å². The average Bonchev–Trinajstić information content (AvgIpc) is 2.52. The second kappa shape index (κ2) is 8.72. The summed E-state index contributed by atoms with van der Waals surface area (Å²) in [7, 11) is 0. The van der Waals surface area contributed by atoms with E-state index in [2.05, 4.69) is 6.92 Å². The van der Waals surface area contributed by atoms with Gasteiger partial charge in [-0.1, -0.05) is 36.2 Å². The van der Waals surface area contributed by atoms with Crippen LogP contribution in [0.1, 0.15) is 32.3 Å². The van der Waals surface area contributed by atoms with Crippen molar-refractivity contribution in [1.82, 2.24) is 9.80 Å². The molecule has 1 heterocycles. The van der Waals surface area contributed by atoms with Crippen LogP contribution < -0.4 is 0 Å². The highest BCUT2D eigenvalue weighted by Crippen LogP contribution is 2.21. The summed E-state index contributed by atoms with van der Waals surface area (Å²) in [6.07, 6.45) is 2.79. The van der Waals surface area contributed by atoms with Crippen molar-refractivity contribution in [2.75, 3.05) is 26.2 Å². The Labute approximate surface area is 153 Å². The molecule has 1 unspecified atom stereocenters. The molecule has 1 aromatic carbocycles. The van der Waals surface area contributed by atoms with Crippen LogP contribution in [-0.2, 0) is 16.0 Å². The zero-order chi connectivity index (χ0) is 17.7. The SMILES string of the molecule is CC(=O)N(CCc1ccc(Cl)cc1Cl)CC(=O)N1CCCC(C)C1. The lowest BCUT2D eigenvalue weighted by Crippen LogP contribution is -2.46. The van der Waals surface area contributed by atoms with E-state index < -0.39 is 0 Å². The predicted molar refractivity (Wildman–Crippen MR) is 97.4 cm³/mol. The minimum absolute atomic E-state index is 0.0268. The van der Waals surface area contributed by atoms with Crippen LogP contribution in [0.5, 0.6) is 0 Å². The Balaban J connectivity index is 1.94. The maximum Gasteiger partial charge on any atom is 0.242 e. The van der Waals surface area contributed by atoms with E-state index in [1.807, 2.05) is 11.0 Å². The van der Waals surface area contributed by atoms with Gasteiger partial charge in [0.1, 0.15) is 0 Å². The smallest absolute Gasteiger partial charge is 0.242 e. The van der Waals surface area contributed by atoms with Gasteiger partial charge in [0.2, 0.25) is 11.8 Å². The minimum Gasteiger partial charge on any atom is -0.341 e. The van der Waals surface area contributed by atoms with Gasteiger partial charge in [-0.3, -0.25) is 9.59 Å². The molecule has 2 rings (SSSR count). The number of halogens is 2. The van der Waals surface area contributed by atoms with Crippen LogP contribution in [-0.4, -0.2) is 47.8 Å². The molecule has 0 aliphatic carbocycles. The van der Waals surface area contributed by atoms with Crippen LogP contribution in [0.15, 0.2) is 18.2 Å². The van der Waals surface area contributed by atoms with Gasteiger partial charge in [-0.2, -0.15) is 0 Å². The van der Waals surface area contributed by atoms with E-state index in [1.165, 1.54) is 6.92 Å². The number of nitrogens with zero attached hydrogens (tertiary/aromatic N) is 2. The van der Waals surface area contributed by atoms with E-state index in [-0.39, 0.29) is 18.4 Å². The summed E-state index contributed by atoms with van der Waals surface area (Å²) in [5.41, 5.74) is 0.923. The molecule has 24 heavy (non-hydrogen) atoms. The summed E-state index contributed by atoms with van der Waals surface area (Å²) in [4.78, 5) is 27.8. The summed E-state index contributed by atoms with van der Waals surface area (Å²) in [6.45, 7) is 5.82. The number of likely N-dealkylation sites (tertiary alicyclic amines) is 1. The molecule has 1 aromatic rings. The normalized spacial score (nSPS) is 17.7. The molecule has 0 spiro atoms. The van der Waals surface area contributed by atoms with Gasteiger partial charge in [-0.15, -0.1) is 0 Å². The summed E-state index contributed by atoms with van der Waals surface area (Å²) in [6, 6.07) is 5.33. The largest absolute Gasteiger partial charge is 0.341 e. The van der Waals surface area contributed by atoms with E-state index in [4.69, 9.17) is 23.2 Å². The summed E-state index contributed by atoms with van der Waals surface area (Å²) in [5.74, 6) is 0.457. The van der Waals surface area contributed by atoms with Gasteiger partial charge in [-0.25, -0.2) is 0 Å². The number of carbonyl (C=O) groups excluding carboxylic acids is 2. The van der Waals surface area contributed by atoms with E-state index in [0.29, 0.717) is 28.9 Å². The molecule has 1 atom stereocenters. The first-order chi connectivity index (χ1) is 11.4. The topological polar surface area (TPSA) is 40.6 Å². The van der Waals surface area contributed by atoms with Gasteiger partial charge >= 0.3 is 0 Å². The highest BCUT2D eigenvalue weighted by Gasteiger charge is 2.23. The van der Waals surface area contributed by atoms with E-state index in [1.54, 1.807) is 17.0 Å². The third kappa shape index (κ3) is 5.38. The maximum absolute atomic E-state index is 12.5. The van der Waals surface area contributed by atoms with Crippen molar-refractivity contribution >= 4 is 35.0 Å². The van der Waals surface area contributed by atoms with Gasteiger partial charge < -0.3 is 9.80 Å². The van der Waals surface area contributed by atoms with Crippen LogP contribution in [0.3, 0.4) is 0 Å². The number of carbonyl (C=O) groups is 2. The fourth-order valence-corrected chi connectivity index (χ4v) is 3.51. The quantitative estimate of drug-likeness (QED) is 0.793. The van der Waals surface area contributed by atoms with Gasteiger partial charge in [0.25, 0.3) is 0 Å². The average molecular weight is 371 g/mol. The molecule has 0 saturated carbocycles. The number of piperidine rings is 1. The fraction of sp³-hybridized carbons (Fsp3) is 0.556. The van der Waals surface area contributed by atoms with Crippen molar-refractivity contribution in [3.05, 3.63) is 33.8 Å². The van der Waals surface area contributed by atoms with Crippen molar-refractivity contribution in [3.8, 4) is 0 Å². The first kappa shape index (κ1) is 19.1. The molecule has 6 heteroatoms. The van der Waals surface area contributed by atoms with Crippen molar-refractivity contribution in [3.63, 3.8) is 0 Å². The lowest BCUT2D eigenvalue weighted by Gasteiger charge is -2.32. The Hall–Kier alpha value is -1.26. The van der Waals surface area contributed by atoms with E-state index in [9.17, 15) is 9.59 Å². The molecule has 1 saturated heterocycles. The molecule has 0 aromatic heterocycles. The Kier molecular flexibility index (Phi) is 6.93. The van der Waals surface area contributed by atoms with Crippen molar-refractivity contribution in [1.29, 1.82) is 0 Å². The third-order valence-electron chi connectivity index (χ3n) is 4.45. The number of rotatable bonds is 5. The monoisotopic (exact) mass is 370 g/mol. The molecular weight excluding hydrogens is 347 g/mol. The lowest BCUT2D eigenvalue weighted by atomic mass is 10.0. The number of amides is 2. The van der Waals surface area contributed by atoms with Crippen LogP contribution in [0.2, 0.25) is 10.0 Å². The Morgan fingerprint density at radius 1 is 1.33 bits per heavy atom. The molecule has 0 radical (unpaired) electrons. The molecule has 1 fully saturated rings. The number of hydrogen-bond acceptors (Lipinski definition) is 2. The van der Waals surface area contributed by atoms with Gasteiger partial charge in [0, 0.05) is 36.6 Å². The molecule has 132 valence electrons. The number of benzene rings is 1. The zero-order valence-corrected chi connectivity index (χ0v) is 15.7. The van der Waals surface area contributed by atoms with E-state index in [0.717, 1.165) is 31.5 Å².